The highest BCUT2D eigenvalue weighted by molar-refractivity contribution is 5.89. The van der Waals surface area contributed by atoms with Crippen LogP contribution in [0.4, 0.5) is 0 Å². The van der Waals surface area contributed by atoms with Gasteiger partial charge in [0.15, 0.2) is 11.5 Å². The Labute approximate surface area is 110 Å². The molecule has 3 rings (SSSR count). The second kappa shape index (κ2) is 4.97. The molecule has 3 heterocycles. The van der Waals surface area contributed by atoms with Crippen LogP contribution in [0.5, 0.6) is 0 Å². The normalized spacial score (nSPS) is 19.5. The van der Waals surface area contributed by atoms with Crippen LogP contribution in [0.2, 0.25) is 0 Å². The SMILES string of the molecule is COC(=O)c1ccc2nnc(C3CCCCN3)n2c1. The second-order valence-electron chi connectivity index (χ2n) is 4.70. The molecule has 2 aromatic heterocycles. The average molecular weight is 260 g/mol. The molecule has 0 saturated carbocycles. The van der Waals surface area contributed by atoms with Gasteiger partial charge in [-0.3, -0.25) is 4.40 Å². The van der Waals surface area contributed by atoms with Crippen molar-refractivity contribution in [2.24, 2.45) is 0 Å². The lowest BCUT2D eigenvalue weighted by atomic mass is 10.0. The molecular formula is C13H16N4O2. The maximum Gasteiger partial charge on any atom is 0.339 e. The third-order valence-corrected chi connectivity index (χ3v) is 3.47. The topological polar surface area (TPSA) is 68.5 Å². The number of hydrogen-bond acceptors (Lipinski definition) is 5. The van der Waals surface area contributed by atoms with Crippen LogP contribution in [0, 0.1) is 0 Å². The number of hydrogen-bond donors (Lipinski definition) is 1. The largest absolute Gasteiger partial charge is 0.465 e. The summed E-state index contributed by atoms with van der Waals surface area (Å²) in [4.78, 5) is 11.6. The van der Waals surface area contributed by atoms with Crippen molar-refractivity contribution in [2.75, 3.05) is 13.7 Å². The van der Waals surface area contributed by atoms with Gasteiger partial charge in [0.05, 0.1) is 18.7 Å². The highest BCUT2D eigenvalue weighted by Crippen LogP contribution is 2.22. The first-order chi connectivity index (χ1) is 9.29. The fourth-order valence-corrected chi connectivity index (χ4v) is 2.46. The first-order valence-corrected chi connectivity index (χ1v) is 6.46. The van der Waals surface area contributed by atoms with Crippen molar-refractivity contribution < 1.29 is 9.53 Å². The summed E-state index contributed by atoms with van der Waals surface area (Å²) < 4.78 is 6.61. The zero-order valence-corrected chi connectivity index (χ0v) is 10.8. The van der Waals surface area contributed by atoms with Crippen molar-refractivity contribution in [3.05, 3.63) is 29.7 Å². The molecule has 0 amide bonds. The number of ether oxygens (including phenoxy) is 1. The molecule has 1 aliphatic heterocycles. The van der Waals surface area contributed by atoms with Gasteiger partial charge in [-0.15, -0.1) is 10.2 Å². The van der Waals surface area contributed by atoms with E-state index in [-0.39, 0.29) is 12.0 Å². The summed E-state index contributed by atoms with van der Waals surface area (Å²) in [5, 5.41) is 11.8. The summed E-state index contributed by atoms with van der Waals surface area (Å²) in [5.41, 5.74) is 1.25. The van der Waals surface area contributed by atoms with E-state index in [1.807, 2.05) is 4.40 Å². The van der Waals surface area contributed by atoms with E-state index in [1.54, 1.807) is 18.3 Å². The van der Waals surface area contributed by atoms with E-state index in [4.69, 9.17) is 4.74 Å². The van der Waals surface area contributed by atoms with Crippen molar-refractivity contribution in [2.45, 2.75) is 25.3 Å². The van der Waals surface area contributed by atoms with Crippen molar-refractivity contribution in [1.82, 2.24) is 19.9 Å². The van der Waals surface area contributed by atoms with Crippen molar-refractivity contribution >= 4 is 11.6 Å². The van der Waals surface area contributed by atoms with Gasteiger partial charge >= 0.3 is 5.97 Å². The Morgan fingerprint density at radius 1 is 1.42 bits per heavy atom. The van der Waals surface area contributed by atoms with Crippen LogP contribution in [0.15, 0.2) is 18.3 Å². The minimum Gasteiger partial charge on any atom is -0.465 e. The summed E-state index contributed by atoms with van der Waals surface area (Å²) in [6, 6.07) is 3.69. The Morgan fingerprint density at radius 3 is 3.05 bits per heavy atom. The number of nitrogens with zero attached hydrogens (tertiary/aromatic N) is 3. The van der Waals surface area contributed by atoms with Crippen LogP contribution in [-0.4, -0.2) is 34.2 Å². The zero-order chi connectivity index (χ0) is 13.2. The Balaban J connectivity index is 2.02. The maximum absolute atomic E-state index is 11.6. The number of aromatic nitrogens is 3. The predicted octanol–water partition coefficient (Wildman–Crippen LogP) is 1.33. The molecule has 0 radical (unpaired) electrons. The number of methoxy groups -OCH3 is 1. The van der Waals surface area contributed by atoms with E-state index in [1.165, 1.54) is 20.0 Å². The molecule has 1 aliphatic rings. The van der Waals surface area contributed by atoms with Crippen LogP contribution >= 0.6 is 0 Å². The lowest BCUT2D eigenvalue weighted by Gasteiger charge is -2.21. The third-order valence-electron chi connectivity index (χ3n) is 3.47. The van der Waals surface area contributed by atoms with Crippen LogP contribution in [-0.2, 0) is 4.74 Å². The number of esters is 1. The van der Waals surface area contributed by atoms with Gasteiger partial charge in [0.25, 0.3) is 0 Å². The molecular weight excluding hydrogens is 244 g/mol. The fourth-order valence-electron chi connectivity index (χ4n) is 2.46. The second-order valence-corrected chi connectivity index (χ2v) is 4.70. The molecule has 0 bridgehead atoms. The number of carbonyl (C=O) groups excluding carboxylic acids is 1. The standard InChI is InChI=1S/C13H16N4O2/c1-19-13(18)9-5-6-11-15-16-12(17(11)8-9)10-4-2-3-7-14-10/h5-6,8,10,14H,2-4,7H2,1H3. The molecule has 2 aromatic rings. The van der Waals surface area contributed by atoms with E-state index >= 15 is 0 Å². The minimum absolute atomic E-state index is 0.205. The zero-order valence-electron chi connectivity index (χ0n) is 10.8. The van der Waals surface area contributed by atoms with Crippen molar-refractivity contribution in [3.8, 4) is 0 Å². The Hall–Kier alpha value is -1.95. The van der Waals surface area contributed by atoms with Gasteiger partial charge in [-0.1, -0.05) is 6.42 Å². The highest BCUT2D eigenvalue weighted by Gasteiger charge is 2.20. The molecule has 1 atom stereocenters. The molecule has 1 N–H and O–H groups in total. The molecule has 0 spiro atoms. The molecule has 0 aromatic carbocycles. The van der Waals surface area contributed by atoms with Crippen LogP contribution in [0.3, 0.4) is 0 Å². The average Bonchev–Trinajstić information content (AvgIpc) is 2.90. The van der Waals surface area contributed by atoms with E-state index in [0.717, 1.165) is 24.4 Å². The number of rotatable bonds is 2. The highest BCUT2D eigenvalue weighted by atomic mass is 16.5. The molecule has 100 valence electrons. The maximum atomic E-state index is 11.6. The van der Waals surface area contributed by atoms with E-state index in [2.05, 4.69) is 15.5 Å². The number of nitrogens with one attached hydrogen (secondary N) is 1. The fraction of sp³-hybridized carbons (Fsp3) is 0.462. The summed E-state index contributed by atoms with van der Waals surface area (Å²) in [6.45, 7) is 0.996. The molecule has 0 aliphatic carbocycles. The van der Waals surface area contributed by atoms with Crippen molar-refractivity contribution in [3.63, 3.8) is 0 Å². The quantitative estimate of drug-likeness (QED) is 0.825. The third kappa shape index (κ3) is 2.19. The van der Waals surface area contributed by atoms with Gasteiger partial charge in [0.1, 0.15) is 0 Å². The van der Waals surface area contributed by atoms with Crippen LogP contribution in [0.25, 0.3) is 5.65 Å². The summed E-state index contributed by atoms with van der Waals surface area (Å²) >= 11 is 0. The van der Waals surface area contributed by atoms with Gasteiger partial charge < -0.3 is 10.1 Å². The first kappa shape index (κ1) is 12.1. The number of piperidine rings is 1. The van der Waals surface area contributed by atoms with Crippen molar-refractivity contribution in [1.29, 1.82) is 0 Å². The monoisotopic (exact) mass is 260 g/mol. The van der Waals surface area contributed by atoms with E-state index in [0.29, 0.717) is 5.56 Å². The van der Waals surface area contributed by atoms with E-state index in [9.17, 15) is 4.79 Å². The Kier molecular flexibility index (Phi) is 3.16. The van der Waals surface area contributed by atoms with Gasteiger partial charge in [-0.2, -0.15) is 0 Å². The molecule has 1 saturated heterocycles. The summed E-state index contributed by atoms with van der Waals surface area (Å²) in [6.07, 6.45) is 5.17. The molecule has 6 heteroatoms. The number of pyridine rings is 1. The van der Waals surface area contributed by atoms with Gasteiger partial charge in [-0.25, -0.2) is 4.79 Å². The lowest BCUT2D eigenvalue weighted by molar-refractivity contribution is 0.0600. The number of carbonyl (C=O) groups is 1. The Bertz CT molecular complexity index is 602. The Morgan fingerprint density at radius 2 is 2.32 bits per heavy atom. The first-order valence-electron chi connectivity index (χ1n) is 6.46. The smallest absolute Gasteiger partial charge is 0.339 e. The van der Waals surface area contributed by atoms with Gasteiger partial charge in [-0.05, 0) is 31.5 Å². The van der Waals surface area contributed by atoms with Crippen LogP contribution < -0.4 is 5.32 Å². The predicted molar refractivity (Wildman–Crippen MR) is 68.9 cm³/mol. The number of fused-ring (bicyclic) bond motifs is 1. The van der Waals surface area contributed by atoms with Crippen LogP contribution in [0.1, 0.15) is 41.5 Å². The summed E-state index contributed by atoms with van der Waals surface area (Å²) in [5.74, 6) is 0.513. The van der Waals surface area contributed by atoms with Gasteiger partial charge in [0, 0.05) is 6.20 Å². The lowest BCUT2D eigenvalue weighted by Crippen LogP contribution is -2.28. The van der Waals surface area contributed by atoms with Gasteiger partial charge in [0.2, 0.25) is 0 Å². The van der Waals surface area contributed by atoms with E-state index < -0.39 is 0 Å². The molecule has 6 nitrogen and oxygen atoms in total. The summed E-state index contributed by atoms with van der Waals surface area (Å²) in [7, 11) is 1.38. The molecule has 19 heavy (non-hydrogen) atoms. The molecule has 1 unspecified atom stereocenters. The minimum atomic E-state index is -0.349. The molecule has 1 fully saturated rings.